The minimum Gasteiger partial charge on any atom is -0.379 e. The number of hydrogen-bond donors (Lipinski definition) is 2. The topological polar surface area (TPSA) is 79.3 Å². The highest BCUT2D eigenvalue weighted by molar-refractivity contribution is 6.32. The number of aromatic nitrogens is 2. The van der Waals surface area contributed by atoms with Crippen LogP contribution in [-0.2, 0) is 17.9 Å². The number of rotatable bonds is 7. The number of benzene rings is 1. The van der Waals surface area contributed by atoms with Crippen LogP contribution in [0.5, 0.6) is 0 Å². The maximum atomic E-state index is 12.8. The number of hydrogen-bond acceptors (Lipinski definition) is 5. The molecule has 1 aromatic heterocycles. The molecule has 0 spiro atoms. The van der Waals surface area contributed by atoms with Crippen LogP contribution in [-0.4, -0.2) is 35.8 Å². The van der Waals surface area contributed by atoms with Crippen LogP contribution in [0.4, 0.5) is 11.4 Å². The summed E-state index contributed by atoms with van der Waals surface area (Å²) in [5.41, 5.74) is 2.51. The number of fused-ring (bicyclic) bond motifs is 2. The van der Waals surface area contributed by atoms with Gasteiger partial charge in [0.2, 0.25) is 5.91 Å². The maximum Gasteiger partial charge on any atom is 0.288 e. The van der Waals surface area contributed by atoms with E-state index in [0.717, 1.165) is 22.4 Å². The molecular formula is C25H34ClN5O2. The molecule has 2 aromatic rings. The smallest absolute Gasteiger partial charge is 0.288 e. The Morgan fingerprint density at radius 3 is 2.67 bits per heavy atom. The minimum atomic E-state index is -0.459. The highest BCUT2D eigenvalue weighted by Gasteiger charge is 2.56. The second-order valence-corrected chi connectivity index (χ2v) is 10.7. The zero-order valence-electron chi connectivity index (χ0n) is 20.1. The normalized spacial score (nSPS) is 25.2. The summed E-state index contributed by atoms with van der Waals surface area (Å²) in [5, 5.41) is 10.6. The number of nitrogens with zero attached hydrogens (tertiary/aromatic N) is 3. The van der Waals surface area contributed by atoms with Crippen molar-refractivity contribution in [1.29, 1.82) is 0 Å². The standard InChI is InChI=1S/C25H34ClN5O2/c1-15-18-10-17(25(18,2)3)11-19(15)29-20-13-28-31(24(33)23(20)26)14-22(32)27-12-16-8-6-7-9-21(16)30(4)5/h6-9,13,15,17-19,29H,10-12,14H2,1-5H3,(H,27,32)/t15-,17-,18+,19-/m1/s1. The second kappa shape index (κ2) is 9.01. The van der Waals surface area contributed by atoms with E-state index >= 15 is 0 Å². The van der Waals surface area contributed by atoms with Gasteiger partial charge in [-0.25, -0.2) is 4.68 Å². The van der Waals surface area contributed by atoms with Crippen molar-refractivity contribution < 1.29 is 4.79 Å². The third-order valence-corrected chi connectivity index (χ3v) is 8.29. The molecule has 1 heterocycles. The van der Waals surface area contributed by atoms with Crippen molar-refractivity contribution in [1.82, 2.24) is 15.1 Å². The fourth-order valence-corrected chi connectivity index (χ4v) is 5.90. The molecule has 0 unspecified atom stereocenters. The monoisotopic (exact) mass is 471 g/mol. The predicted molar refractivity (Wildman–Crippen MR) is 133 cm³/mol. The number of halogens is 1. The van der Waals surface area contributed by atoms with Gasteiger partial charge in [0, 0.05) is 32.4 Å². The molecule has 0 radical (unpaired) electrons. The summed E-state index contributed by atoms with van der Waals surface area (Å²) in [6, 6.07) is 8.13. The lowest BCUT2D eigenvalue weighted by Gasteiger charge is -2.62. The lowest BCUT2D eigenvalue weighted by molar-refractivity contribution is -0.122. The first kappa shape index (κ1) is 23.6. The lowest BCUT2D eigenvalue weighted by atomic mass is 9.45. The van der Waals surface area contributed by atoms with E-state index in [-0.39, 0.29) is 23.5 Å². The average molecular weight is 472 g/mol. The van der Waals surface area contributed by atoms with E-state index < -0.39 is 5.56 Å². The van der Waals surface area contributed by atoms with Crippen LogP contribution in [0.2, 0.25) is 5.02 Å². The molecule has 1 amide bonds. The third-order valence-electron chi connectivity index (χ3n) is 7.92. The molecule has 3 aliphatic rings. The van der Waals surface area contributed by atoms with Crippen LogP contribution < -0.4 is 21.1 Å². The van der Waals surface area contributed by atoms with Gasteiger partial charge in [-0.3, -0.25) is 9.59 Å². The first-order valence-electron chi connectivity index (χ1n) is 11.6. The molecule has 8 heteroatoms. The summed E-state index contributed by atoms with van der Waals surface area (Å²) in [6.07, 6.45) is 3.92. The fraction of sp³-hybridized carbons (Fsp3) is 0.560. The molecule has 0 saturated heterocycles. The van der Waals surface area contributed by atoms with Crippen molar-refractivity contribution in [3.05, 3.63) is 51.4 Å². The highest BCUT2D eigenvalue weighted by atomic mass is 35.5. The Kier molecular flexibility index (Phi) is 6.45. The van der Waals surface area contributed by atoms with Crippen molar-refractivity contribution >= 4 is 28.9 Å². The molecule has 3 saturated carbocycles. The molecule has 2 N–H and O–H groups in total. The van der Waals surface area contributed by atoms with Gasteiger partial charge in [-0.05, 0) is 47.6 Å². The van der Waals surface area contributed by atoms with E-state index in [4.69, 9.17) is 11.6 Å². The number of carbonyl (C=O) groups excluding carboxylic acids is 1. The van der Waals surface area contributed by atoms with Crippen LogP contribution in [0.1, 0.15) is 39.2 Å². The summed E-state index contributed by atoms with van der Waals surface area (Å²) < 4.78 is 1.12. The number of nitrogens with one attached hydrogen (secondary N) is 2. The zero-order chi connectivity index (χ0) is 23.9. The Hall–Kier alpha value is -2.54. The first-order valence-corrected chi connectivity index (χ1v) is 12.0. The van der Waals surface area contributed by atoms with Crippen LogP contribution in [0.25, 0.3) is 0 Å². The quantitative estimate of drug-likeness (QED) is 0.642. The van der Waals surface area contributed by atoms with E-state index in [1.54, 1.807) is 6.20 Å². The number of para-hydroxylation sites is 1. The van der Waals surface area contributed by atoms with Gasteiger partial charge in [0.25, 0.3) is 5.56 Å². The van der Waals surface area contributed by atoms with Crippen molar-refractivity contribution in [2.24, 2.45) is 23.2 Å². The van der Waals surface area contributed by atoms with Gasteiger partial charge in [0.1, 0.15) is 11.6 Å². The Labute approximate surface area is 200 Å². The number of amides is 1. The fourth-order valence-electron chi connectivity index (χ4n) is 5.70. The Morgan fingerprint density at radius 1 is 1.27 bits per heavy atom. The summed E-state index contributed by atoms with van der Waals surface area (Å²) >= 11 is 6.41. The van der Waals surface area contributed by atoms with Gasteiger partial charge in [-0.1, -0.05) is 50.6 Å². The lowest BCUT2D eigenvalue weighted by Crippen LogP contribution is -2.58. The van der Waals surface area contributed by atoms with Crippen LogP contribution in [0.3, 0.4) is 0 Å². The Balaban J connectivity index is 1.39. The molecule has 4 atom stereocenters. The van der Waals surface area contributed by atoms with Crippen LogP contribution in [0, 0.1) is 23.2 Å². The highest BCUT2D eigenvalue weighted by Crippen LogP contribution is 2.61. The predicted octanol–water partition coefficient (Wildman–Crippen LogP) is 3.76. The molecule has 178 valence electrons. The number of anilines is 2. The molecule has 5 rings (SSSR count). The molecule has 1 aromatic carbocycles. The summed E-state index contributed by atoms with van der Waals surface area (Å²) in [5.74, 6) is 1.59. The zero-order valence-corrected chi connectivity index (χ0v) is 20.8. The van der Waals surface area contributed by atoms with Gasteiger partial charge in [-0.15, -0.1) is 0 Å². The summed E-state index contributed by atoms with van der Waals surface area (Å²) in [7, 11) is 3.92. The first-order chi connectivity index (χ1) is 15.6. The van der Waals surface area contributed by atoms with Crippen LogP contribution >= 0.6 is 11.6 Å². The summed E-state index contributed by atoms with van der Waals surface area (Å²) in [4.78, 5) is 27.3. The molecule has 33 heavy (non-hydrogen) atoms. The van der Waals surface area contributed by atoms with Crippen molar-refractivity contribution in [3.8, 4) is 0 Å². The van der Waals surface area contributed by atoms with E-state index in [2.05, 4.69) is 36.5 Å². The van der Waals surface area contributed by atoms with Gasteiger partial charge >= 0.3 is 0 Å². The van der Waals surface area contributed by atoms with Crippen molar-refractivity contribution in [2.45, 2.75) is 52.7 Å². The van der Waals surface area contributed by atoms with Gasteiger partial charge in [-0.2, -0.15) is 5.10 Å². The SMILES string of the molecule is C[C@H]1[C@H](Nc2cnn(CC(=O)NCc3ccccc3N(C)C)c(=O)c2Cl)C[C@H]2C[C@@H]1C2(C)C. The molecule has 2 bridgehead atoms. The molecule has 0 aliphatic heterocycles. The molecule has 7 nitrogen and oxygen atoms in total. The number of carbonyl (C=O) groups is 1. The van der Waals surface area contributed by atoms with Crippen molar-refractivity contribution in [2.75, 3.05) is 24.3 Å². The minimum absolute atomic E-state index is 0.0847. The maximum absolute atomic E-state index is 12.8. The molecule has 3 fully saturated rings. The Bertz CT molecular complexity index is 1100. The van der Waals surface area contributed by atoms with E-state index in [9.17, 15) is 9.59 Å². The summed E-state index contributed by atoms with van der Waals surface area (Å²) in [6.45, 7) is 7.19. The van der Waals surface area contributed by atoms with E-state index in [0.29, 0.717) is 35.4 Å². The van der Waals surface area contributed by atoms with Gasteiger partial charge in [0.15, 0.2) is 0 Å². The van der Waals surface area contributed by atoms with Gasteiger partial charge < -0.3 is 15.5 Å². The third kappa shape index (κ3) is 4.47. The Morgan fingerprint density at radius 2 is 2.00 bits per heavy atom. The van der Waals surface area contributed by atoms with Crippen molar-refractivity contribution in [3.63, 3.8) is 0 Å². The van der Waals surface area contributed by atoms with E-state index in [1.165, 1.54) is 6.42 Å². The average Bonchev–Trinajstić information content (AvgIpc) is 2.78. The largest absolute Gasteiger partial charge is 0.379 e. The second-order valence-electron chi connectivity index (χ2n) is 10.3. The molecular weight excluding hydrogens is 438 g/mol. The molecule has 3 aliphatic carbocycles. The van der Waals surface area contributed by atoms with Gasteiger partial charge in [0.05, 0.1) is 11.9 Å². The van der Waals surface area contributed by atoms with E-state index in [1.807, 2.05) is 43.3 Å². The van der Waals surface area contributed by atoms with Crippen LogP contribution in [0.15, 0.2) is 35.3 Å².